The highest BCUT2D eigenvalue weighted by atomic mass is 35.5. The number of carbonyl (C=O) groups is 1. The zero-order valence-electron chi connectivity index (χ0n) is 11.8. The van der Waals surface area contributed by atoms with Crippen molar-refractivity contribution in [2.75, 3.05) is 12.4 Å². The molecule has 0 aliphatic heterocycles. The number of rotatable bonds is 5. The molecule has 0 saturated heterocycles. The van der Waals surface area contributed by atoms with Crippen LogP contribution in [0.4, 0.5) is 5.69 Å². The topological polar surface area (TPSA) is 73.2 Å². The average Bonchev–Trinajstić information content (AvgIpc) is 3.22. The molecule has 1 aromatic heterocycles. The van der Waals surface area contributed by atoms with Gasteiger partial charge >= 0.3 is 5.97 Å². The summed E-state index contributed by atoms with van der Waals surface area (Å²) in [7, 11) is 1.25. The lowest BCUT2D eigenvalue weighted by Gasteiger charge is -2.27. The fourth-order valence-corrected chi connectivity index (χ4v) is 2.30. The van der Waals surface area contributed by atoms with Gasteiger partial charge in [0.05, 0.1) is 19.0 Å². The van der Waals surface area contributed by atoms with Crippen LogP contribution >= 0.6 is 11.6 Å². The quantitative estimate of drug-likeness (QED) is 0.837. The van der Waals surface area contributed by atoms with Crippen LogP contribution in [0.3, 0.4) is 0 Å². The Morgan fingerprint density at radius 1 is 1.60 bits per heavy atom. The van der Waals surface area contributed by atoms with E-state index >= 15 is 0 Å². The zero-order chi connectivity index (χ0) is 14.9. The van der Waals surface area contributed by atoms with Crippen molar-refractivity contribution in [2.45, 2.75) is 38.8 Å². The van der Waals surface area contributed by atoms with Crippen molar-refractivity contribution in [3.8, 4) is 0 Å². The standard InChI is InChI=1S/C13H18ClN3O3/c1-13(2,8-4-5-8)16-9-6-15-17(7-10(18)20-3)12(19)11(9)14/h6,8,16H,4-5,7H2,1-3H3. The summed E-state index contributed by atoms with van der Waals surface area (Å²) in [6, 6.07) is 0. The summed E-state index contributed by atoms with van der Waals surface area (Å²) in [4.78, 5) is 23.2. The number of methoxy groups -OCH3 is 1. The lowest BCUT2D eigenvalue weighted by Crippen LogP contribution is -2.35. The molecule has 1 N–H and O–H groups in total. The average molecular weight is 300 g/mol. The Labute approximate surface area is 122 Å². The van der Waals surface area contributed by atoms with Gasteiger partial charge in [-0.1, -0.05) is 11.6 Å². The minimum absolute atomic E-state index is 0.0395. The van der Waals surface area contributed by atoms with Crippen molar-refractivity contribution < 1.29 is 9.53 Å². The van der Waals surface area contributed by atoms with Gasteiger partial charge in [-0.2, -0.15) is 5.10 Å². The van der Waals surface area contributed by atoms with E-state index in [0.29, 0.717) is 11.6 Å². The summed E-state index contributed by atoms with van der Waals surface area (Å²) in [6.07, 6.45) is 3.81. The molecule has 0 amide bonds. The predicted molar refractivity (Wildman–Crippen MR) is 75.9 cm³/mol. The van der Waals surface area contributed by atoms with Crippen LogP contribution < -0.4 is 10.9 Å². The van der Waals surface area contributed by atoms with Gasteiger partial charge in [0.25, 0.3) is 5.56 Å². The summed E-state index contributed by atoms with van der Waals surface area (Å²) in [6.45, 7) is 3.89. The van der Waals surface area contributed by atoms with E-state index in [9.17, 15) is 9.59 Å². The molecule has 0 aromatic carbocycles. The molecule has 6 nitrogen and oxygen atoms in total. The van der Waals surface area contributed by atoms with Crippen LogP contribution in [0.2, 0.25) is 5.02 Å². The summed E-state index contributed by atoms with van der Waals surface area (Å²) in [5.74, 6) is 0.0331. The Hall–Kier alpha value is -1.56. The first-order valence-electron chi connectivity index (χ1n) is 6.46. The summed E-state index contributed by atoms with van der Waals surface area (Å²) in [5.41, 5.74) is -0.143. The van der Waals surface area contributed by atoms with Gasteiger partial charge in [-0.05, 0) is 32.6 Å². The molecule has 0 unspecified atom stereocenters. The molecule has 1 aromatic rings. The molecule has 7 heteroatoms. The first-order chi connectivity index (χ1) is 9.35. The predicted octanol–water partition coefficient (Wildman–Crippen LogP) is 1.67. The Bertz CT molecular complexity index is 579. The van der Waals surface area contributed by atoms with Crippen LogP contribution in [0.25, 0.3) is 0 Å². The number of anilines is 1. The van der Waals surface area contributed by atoms with E-state index in [0.717, 1.165) is 4.68 Å². The normalized spacial score (nSPS) is 15.0. The number of nitrogens with zero attached hydrogens (tertiary/aromatic N) is 2. The molecule has 20 heavy (non-hydrogen) atoms. The lowest BCUT2D eigenvalue weighted by molar-refractivity contribution is -0.141. The van der Waals surface area contributed by atoms with Crippen LogP contribution in [-0.4, -0.2) is 28.4 Å². The first kappa shape index (κ1) is 14.8. The van der Waals surface area contributed by atoms with Gasteiger partial charge in [0, 0.05) is 5.54 Å². The first-order valence-corrected chi connectivity index (χ1v) is 6.83. The fraction of sp³-hybridized carbons (Fsp3) is 0.615. The van der Waals surface area contributed by atoms with E-state index in [4.69, 9.17) is 11.6 Å². The van der Waals surface area contributed by atoms with E-state index in [1.807, 2.05) is 0 Å². The van der Waals surface area contributed by atoms with Gasteiger partial charge in [-0.25, -0.2) is 4.68 Å². The van der Waals surface area contributed by atoms with Crippen LogP contribution in [0.5, 0.6) is 0 Å². The summed E-state index contributed by atoms with van der Waals surface area (Å²) in [5, 5.41) is 7.25. The van der Waals surface area contributed by atoms with Crippen molar-refractivity contribution in [1.29, 1.82) is 0 Å². The van der Waals surface area contributed by atoms with Gasteiger partial charge in [0.15, 0.2) is 0 Å². The minimum Gasteiger partial charge on any atom is -0.468 e. The third-order valence-electron chi connectivity index (χ3n) is 3.55. The van der Waals surface area contributed by atoms with Crippen molar-refractivity contribution in [3.63, 3.8) is 0 Å². The smallest absolute Gasteiger partial charge is 0.327 e. The number of esters is 1. The number of ether oxygens (including phenoxy) is 1. The Balaban J connectivity index is 2.22. The highest BCUT2D eigenvalue weighted by molar-refractivity contribution is 6.32. The molecule has 1 saturated carbocycles. The van der Waals surface area contributed by atoms with Crippen molar-refractivity contribution in [1.82, 2.24) is 9.78 Å². The molecule has 1 aliphatic carbocycles. The highest BCUT2D eigenvalue weighted by Crippen LogP contribution is 2.41. The van der Waals surface area contributed by atoms with Crippen LogP contribution in [-0.2, 0) is 16.1 Å². The van der Waals surface area contributed by atoms with Crippen LogP contribution in [0.15, 0.2) is 11.0 Å². The van der Waals surface area contributed by atoms with E-state index < -0.39 is 11.5 Å². The van der Waals surface area contributed by atoms with Gasteiger partial charge in [0.1, 0.15) is 11.6 Å². The molecule has 0 spiro atoms. The molecule has 1 heterocycles. The second kappa shape index (κ2) is 5.44. The molecule has 2 rings (SSSR count). The number of nitrogens with one attached hydrogen (secondary N) is 1. The molecular weight excluding hydrogens is 282 g/mol. The summed E-state index contributed by atoms with van der Waals surface area (Å²) < 4.78 is 5.49. The number of hydrogen-bond donors (Lipinski definition) is 1. The molecule has 1 fully saturated rings. The van der Waals surface area contributed by atoms with E-state index in [-0.39, 0.29) is 17.1 Å². The third-order valence-corrected chi connectivity index (χ3v) is 3.91. The van der Waals surface area contributed by atoms with Crippen molar-refractivity contribution >= 4 is 23.3 Å². The molecular formula is C13H18ClN3O3. The van der Waals surface area contributed by atoms with Gasteiger partial charge in [0.2, 0.25) is 0 Å². The monoisotopic (exact) mass is 299 g/mol. The Morgan fingerprint density at radius 2 is 2.25 bits per heavy atom. The van der Waals surface area contributed by atoms with Crippen molar-refractivity contribution in [2.24, 2.45) is 5.92 Å². The number of halogens is 1. The number of carbonyl (C=O) groups excluding carboxylic acids is 1. The molecule has 0 bridgehead atoms. The Morgan fingerprint density at radius 3 is 2.80 bits per heavy atom. The lowest BCUT2D eigenvalue weighted by atomic mass is 9.98. The maximum Gasteiger partial charge on any atom is 0.327 e. The molecule has 1 aliphatic rings. The highest BCUT2D eigenvalue weighted by Gasteiger charge is 2.38. The maximum atomic E-state index is 12.0. The fourth-order valence-electron chi connectivity index (χ4n) is 2.11. The van der Waals surface area contributed by atoms with Crippen molar-refractivity contribution in [3.05, 3.63) is 21.6 Å². The Kier molecular flexibility index (Phi) is 4.04. The maximum absolute atomic E-state index is 12.0. The van der Waals surface area contributed by atoms with Gasteiger partial charge in [-0.15, -0.1) is 0 Å². The SMILES string of the molecule is COC(=O)Cn1ncc(NC(C)(C)C2CC2)c(Cl)c1=O. The van der Waals surface area contributed by atoms with E-state index in [1.165, 1.54) is 26.1 Å². The van der Waals surface area contributed by atoms with Crippen LogP contribution in [0, 0.1) is 5.92 Å². The van der Waals surface area contributed by atoms with Gasteiger partial charge < -0.3 is 10.1 Å². The minimum atomic E-state index is -0.547. The van der Waals surface area contributed by atoms with E-state index in [1.54, 1.807) is 0 Å². The van der Waals surface area contributed by atoms with Crippen LogP contribution in [0.1, 0.15) is 26.7 Å². The zero-order valence-corrected chi connectivity index (χ0v) is 12.5. The second-order valence-electron chi connectivity index (χ2n) is 5.53. The number of aromatic nitrogens is 2. The van der Waals surface area contributed by atoms with E-state index in [2.05, 4.69) is 29.0 Å². The number of hydrogen-bond acceptors (Lipinski definition) is 5. The molecule has 110 valence electrons. The molecule has 0 radical (unpaired) electrons. The largest absolute Gasteiger partial charge is 0.468 e. The third kappa shape index (κ3) is 3.12. The summed E-state index contributed by atoms with van der Waals surface area (Å²) >= 11 is 6.07. The van der Waals surface area contributed by atoms with Gasteiger partial charge in [-0.3, -0.25) is 9.59 Å². The second-order valence-corrected chi connectivity index (χ2v) is 5.91. The molecule has 0 atom stereocenters.